The third-order valence-electron chi connectivity index (χ3n) is 3.31. The molecule has 0 spiro atoms. The van der Waals surface area contributed by atoms with Crippen molar-refractivity contribution in [3.05, 3.63) is 30.5 Å². The van der Waals surface area contributed by atoms with Gasteiger partial charge in [0, 0.05) is 31.9 Å². The van der Waals surface area contributed by atoms with Crippen molar-refractivity contribution in [2.24, 2.45) is 0 Å². The average molecular weight is 260 g/mol. The third kappa shape index (κ3) is 3.25. The van der Waals surface area contributed by atoms with E-state index >= 15 is 0 Å². The molecule has 0 unspecified atom stereocenters. The molecule has 0 bridgehead atoms. The van der Waals surface area contributed by atoms with Crippen LogP contribution in [0.3, 0.4) is 0 Å². The van der Waals surface area contributed by atoms with Crippen LogP contribution in [-0.2, 0) is 6.54 Å². The van der Waals surface area contributed by atoms with Gasteiger partial charge >= 0.3 is 0 Å². The van der Waals surface area contributed by atoms with E-state index in [-0.39, 0.29) is 0 Å². The zero-order valence-corrected chi connectivity index (χ0v) is 10.6. The Labute approximate surface area is 111 Å². The molecule has 2 aromatic heterocycles. The van der Waals surface area contributed by atoms with Crippen LogP contribution in [0.5, 0.6) is 0 Å². The van der Waals surface area contributed by atoms with Gasteiger partial charge in [0.25, 0.3) is 0 Å². The molecule has 3 heterocycles. The van der Waals surface area contributed by atoms with Gasteiger partial charge in [-0.2, -0.15) is 0 Å². The second-order valence-electron chi connectivity index (χ2n) is 4.69. The minimum Gasteiger partial charge on any atom is -0.367 e. The van der Waals surface area contributed by atoms with Crippen molar-refractivity contribution >= 4 is 5.82 Å². The van der Waals surface area contributed by atoms with Gasteiger partial charge in [-0.3, -0.25) is 4.90 Å². The van der Waals surface area contributed by atoms with Gasteiger partial charge in [0.05, 0.1) is 6.20 Å². The zero-order chi connectivity index (χ0) is 12.9. The Kier molecular flexibility index (Phi) is 3.64. The lowest BCUT2D eigenvalue weighted by atomic mass is 10.0. The molecule has 1 aliphatic heterocycles. The second kappa shape index (κ2) is 5.75. The molecule has 7 heteroatoms. The fourth-order valence-electron chi connectivity index (χ4n) is 2.30. The van der Waals surface area contributed by atoms with Crippen molar-refractivity contribution < 1.29 is 4.63 Å². The van der Waals surface area contributed by atoms with Gasteiger partial charge in [-0.25, -0.2) is 14.6 Å². The van der Waals surface area contributed by atoms with Crippen LogP contribution in [0.2, 0.25) is 0 Å². The minimum atomic E-state index is 0.474. The highest BCUT2D eigenvalue weighted by Gasteiger charge is 2.20. The summed E-state index contributed by atoms with van der Waals surface area (Å²) in [5.74, 6) is 0.897. The smallest absolute Gasteiger partial charge is 0.129 e. The molecule has 1 saturated heterocycles. The van der Waals surface area contributed by atoms with Crippen LogP contribution in [0.15, 0.2) is 29.4 Å². The Morgan fingerprint density at radius 3 is 2.95 bits per heavy atom. The Morgan fingerprint density at radius 2 is 2.26 bits per heavy atom. The lowest BCUT2D eigenvalue weighted by Gasteiger charge is -2.31. The maximum absolute atomic E-state index is 4.60. The predicted octanol–water partition coefficient (Wildman–Crippen LogP) is 0.936. The van der Waals surface area contributed by atoms with Crippen molar-refractivity contribution in [2.75, 3.05) is 18.4 Å². The first kappa shape index (κ1) is 12.0. The van der Waals surface area contributed by atoms with Gasteiger partial charge in [0.2, 0.25) is 0 Å². The Balaban J connectivity index is 1.47. The van der Waals surface area contributed by atoms with E-state index in [0.29, 0.717) is 6.04 Å². The number of piperidine rings is 1. The van der Waals surface area contributed by atoms with Crippen LogP contribution in [0.1, 0.15) is 18.5 Å². The van der Waals surface area contributed by atoms with E-state index in [1.807, 2.05) is 6.07 Å². The fourth-order valence-corrected chi connectivity index (χ4v) is 2.30. The highest BCUT2D eigenvalue weighted by atomic mass is 16.6. The van der Waals surface area contributed by atoms with Crippen LogP contribution in [0.4, 0.5) is 5.82 Å². The number of rotatable bonds is 4. The van der Waals surface area contributed by atoms with Crippen LogP contribution in [0.25, 0.3) is 0 Å². The zero-order valence-electron chi connectivity index (χ0n) is 10.6. The molecule has 100 valence electrons. The fraction of sp³-hybridized carbons (Fsp3) is 0.500. The number of likely N-dealkylation sites (tertiary alicyclic amines) is 1. The van der Waals surface area contributed by atoms with E-state index in [9.17, 15) is 0 Å². The van der Waals surface area contributed by atoms with Gasteiger partial charge in [-0.05, 0) is 18.9 Å². The molecule has 1 N–H and O–H groups in total. The van der Waals surface area contributed by atoms with E-state index in [0.717, 1.165) is 44.0 Å². The van der Waals surface area contributed by atoms with Crippen molar-refractivity contribution in [2.45, 2.75) is 25.4 Å². The topological polar surface area (TPSA) is 80.0 Å². The summed E-state index contributed by atoms with van der Waals surface area (Å²) in [4.78, 5) is 10.5. The Hall–Kier alpha value is -2.02. The maximum Gasteiger partial charge on any atom is 0.129 e. The monoisotopic (exact) mass is 260 g/mol. The first-order valence-electron chi connectivity index (χ1n) is 6.41. The first-order chi connectivity index (χ1) is 9.40. The summed E-state index contributed by atoms with van der Waals surface area (Å²) in [5.41, 5.74) is 0.891. The lowest BCUT2D eigenvalue weighted by Crippen LogP contribution is -2.38. The molecule has 0 saturated carbocycles. The summed E-state index contributed by atoms with van der Waals surface area (Å²) in [7, 11) is 0. The summed E-state index contributed by atoms with van der Waals surface area (Å²) >= 11 is 0. The van der Waals surface area contributed by atoms with E-state index in [4.69, 9.17) is 0 Å². The summed E-state index contributed by atoms with van der Waals surface area (Å²) in [6, 6.07) is 2.37. The molecule has 1 fully saturated rings. The van der Waals surface area contributed by atoms with Gasteiger partial charge in [-0.1, -0.05) is 10.3 Å². The summed E-state index contributed by atoms with van der Waals surface area (Å²) in [6.45, 7) is 2.88. The van der Waals surface area contributed by atoms with Crippen LogP contribution in [0, 0.1) is 0 Å². The number of aromatic nitrogens is 4. The van der Waals surface area contributed by atoms with E-state index in [1.54, 1.807) is 18.7 Å². The molecule has 0 aliphatic carbocycles. The normalized spacial score (nSPS) is 17.5. The van der Waals surface area contributed by atoms with Crippen molar-refractivity contribution in [1.29, 1.82) is 0 Å². The molecular formula is C12H16N6O. The molecule has 0 amide bonds. The highest BCUT2D eigenvalue weighted by Crippen LogP contribution is 2.16. The van der Waals surface area contributed by atoms with Crippen LogP contribution in [-0.4, -0.2) is 44.3 Å². The van der Waals surface area contributed by atoms with Crippen LogP contribution < -0.4 is 5.32 Å². The predicted molar refractivity (Wildman–Crippen MR) is 68.3 cm³/mol. The Bertz CT molecular complexity index is 480. The van der Waals surface area contributed by atoms with Crippen LogP contribution >= 0.6 is 0 Å². The molecule has 0 radical (unpaired) electrons. The first-order valence-corrected chi connectivity index (χ1v) is 6.41. The minimum absolute atomic E-state index is 0.474. The molecule has 0 aromatic carbocycles. The average Bonchev–Trinajstić information content (AvgIpc) is 2.95. The number of hydrogen-bond acceptors (Lipinski definition) is 7. The summed E-state index contributed by atoms with van der Waals surface area (Å²) < 4.78 is 4.60. The van der Waals surface area contributed by atoms with Gasteiger partial charge in [0.1, 0.15) is 17.8 Å². The molecule has 3 rings (SSSR count). The SMILES string of the molecule is c1cc(NC2CCN(Cc3cnon3)CC2)ncn1. The van der Waals surface area contributed by atoms with E-state index in [1.165, 1.54) is 0 Å². The largest absolute Gasteiger partial charge is 0.367 e. The van der Waals surface area contributed by atoms with E-state index in [2.05, 4.69) is 35.1 Å². The molecule has 0 atom stereocenters. The maximum atomic E-state index is 4.60. The number of hydrogen-bond donors (Lipinski definition) is 1. The highest BCUT2D eigenvalue weighted by molar-refractivity contribution is 5.33. The molecule has 1 aliphatic rings. The molecule has 7 nitrogen and oxygen atoms in total. The number of anilines is 1. The second-order valence-corrected chi connectivity index (χ2v) is 4.69. The quantitative estimate of drug-likeness (QED) is 0.876. The third-order valence-corrected chi connectivity index (χ3v) is 3.31. The van der Waals surface area contributed by atoms with Crippen molar-refractivity contribution in [1.82, 2.24) is 25.2 Å². The number of nitrogens with zero attached hydrogens (tertiary/aromatic N) is 5. The van der Waals surface area contributed by atoms with Crippen molar-refractivity contribution in [3.8, 4) is 0 Å². The van der Waals surface area contributed by atoms with Gasteiger partial charge < -0.3 is 5.32 Å². The van der Waals surface area contributed by atoms with Gasteiger partial charge in [-0.15, -0.1) is 0 Å². The van der Waals surface area contributed by atoms with Gasteiger partial charge in [0.15, 0.2) is 0 Å². The summed E-state index contributed by atoms with van der Waals surface area (Å²) in [5, 5.41) is 10.9. The molecule has 2 aromatic rings. The summed E-state index contributed by atoms with van der Waals surface area (Å²) in [6.07, 6.45) is 7.17. The molecular weight excluding hydrogens is 244 g/mol. The standard InChI is InChI=1S/C12H16N6O/c1-4-13-9-14-12(1)16-10-2-5-18(6-3-10)8-11-7-15-19-17-11/h1,4,7,9-10H,2-3,5-6,8H2,(H,13,14,16). The van der Waals surface area contributed by atoms with E-state index < -0.39 is 0 Å². The lowest BCUT2D eigenvalue weighted by molar-refractivity contribution is 0.204. The molecule has 19 heavy (non-hydrogen) atoms. The number of nitrogens with one attached hydrogen (secondary N) is 1. The van der Waals surface area contributed by atoms with Crippen molar-refractivity contribution in [3.63, 3.8) is 0 Å². The Morgan fingerprint density at radius 1 is 1.37 bits per heavy atom.